The molecule has 3 unspecified atom stereocenters. The van der Waals surface area contributed by atoms with Crippen molar-refractivity contribution in [3.63, 3.8) is 0 Å². The van der Waals surface area contributed by atoms with Gasteiger partial charge in [-0.1, -0.05) is 44.7 Å². The van der Waals surface area contributed by atoms with Crippen LogP contribution in [0, 0.1) is 18.8 Å². The quantitative estimate of drug-likeness (QED) is 0.855. The average molecular weight is 275 g/mol. The Morgan fingerprint density at radius 3 is 2.70 bits per heavy atom. The Morgan fingerprint density at radius 1 is 1.30 bits per heavy atom. The number of aryl methyl sites for hydroxylation is 1. The molecule has 1 aliphatic carbocycles. The van der Waals surface area contributed by atoms with Gasteiger partial charge in [0.05, 0.1) is 7.11 Å². The molecule has 0 amide bonds. The number of methoxy groups -OCH3 is 1. The van der Waals surface area contributed by atoms with E-state index in [9.17, 15) is 0 Å². The third-order valence-electron chi connectivity index (χ3n) is 5.02. The van der Waals surface area contributed by atoms with Crippen LogP contribution in [0.25, 0.3) is 0 Å². The van der Waals surface area contributed by atoms with E-state index < -0.39 is 0 Å². The molecule has 0 saturated heterocycles. The summed E-state index contributed by atoms with van der Waals surface area (Å²) in [7, 11) is 3.86. The first kappa shape index (κ1) is 15.4. The summed E-state index contributed by atoms with van der Waals surface area (Å²) in [5.74, 6) is 2.62. The lowest BCUT2D eigenvalue weighted by Gasteiger charge is -2.37. The molecule has 0 aliphatic heterocycles. The fourth-order valence-corrected chi connectivity index (χ4v) is 3.84. The third kappa shape index (κ3) is 3.17. The largest absolute Gasteiger partial charge is 0.496 e. The molecule has 0 heterocycles. The predicted octanol–water partition coefficient (Wildman–Crippen LogP) is 4.48. The zero-order chi connectivity index (χ0) is 14.5. The van der Waals surface area contributed by atoms with Crippen LogP contribution in [0.15, 0.2) is 18.2 Å². The maximum Gasteiger partial charge on any atom is 0.122 e. The standard InChI is InChI=1S/C18H29NO/c1-5-14-8-6-7-9-16(14)18(19-3)15-11-10-13(2)17(12-15)20-4/h10-12,14,16,18-19H,5-9H2,1-4H3. The van der Waals surface area contributed by atoms with Crippen molar-refractivity contribution >= 4 is 0 Å². The van der Waals surface area contributed by atoms with Gasteiger partial charge in [0.1, 0.15) is 5.75 Å². The second kappa shape index (κ2) is 7.12. The van der Waals surface area contributed by atoms with Gasteiger partial charge in [-0.25, -0.2) is 0 Å². The molecule has 1 fully saturated rings. The Hall–Kier alpha value is -1.02. The maximum absolute atomic E-state index is 5.49. The van der Waals surface area contributed by atoms with Crippen LogP contribution in [-0.2, 0) is 0 Å². The molecule has 0 aromatic heterocycles. The highest BCUT2D eigenvalue weighted by Crippen LogP contribution is 2.40. The van der Waals surface area contributed by atoms with E-state index in [1.807, 2.05) is 0 Å². The van der Waals surface area contributed by atoms with Crippen molar-refractivity contribution in [2.45, 2.75) is 52.0 Å². The smallest absolute Gasteiger partial charge is 0.122 e. The SMILES string of the molecule is CCC1CCCCC1C(NC)c1ccc(C)c(OC)c1. The monoisotopic (exact) mass is 275 g/mol. The maximum atomic E-state index is 5.49. The van der Waals surface area contributed by atoms with E-state index in [4.69, 9.17) is 4.74 Å². The van der Waals surface area contributed by atoms with Crippen molar-refractivity contribution in [1.29, 1.82) is 0 Å². The van der Waals surface area contributed by atoms with Crippen LogP contribution in [-0.4, -0.2) is 14.2 Å². The molecule has 1 N–H and O–H groups in total. The van der Waals surface area contributed by atoms with Crippen LogP contribution in [0.3, 0.4) is 0 Å². The Morgan fingerprint density at radius 2 is 2.05 bits per heavy atom. The topological polar surface area (TPSA) is 21.3 Å². The average Bonchev–Trinajstić information content (AvgIpc) is 2.50. The van der Waals surface area contributed by atoms with E-state index in [1.54, 1.807) is 7.11 Å². The molecule has 3 atom stereocenters. The third-order valence-corrected chi connectivity index (χ3v) is 5.02. The molecule has 0 bridgehead atoms. The summed E-state index contributed by atoms with van der Waals surface area (Å²) < 4.78 is 5.49. The fourth-order valence-electron chi connectivity index (χ4n) is 3.84. The van der Waals surface area contributed by atoms with Crippen molar-refractivity contribution in [1.82, 2.24) is 5.32 Å². The number of ether oxygens (including phenoxy) is 1. The Bertz CT molecular complexity index is 429. The van der Waals surface area contributed by atoms with Crippen molar-refractivity contribution in [3.05, 3.63) is 29.3 Å². The minimum Gasteiger partial charge on any atom is -0.496 e. The lowest BCUT2D eigenvalue weighted by molar-refractivity contribution is 0.180. The van der Waals surface area contributed by atoms with E-state index >= 15 is 0 Å². The first-order chi connectivity index (χ1) is 9.71. The van der Waals surface area contributed by atoms with E-state index in [-0.39, 0.29) is 0 Å². The highest BCUT2D eigenvalue weighted by atomic mass is 16.5. The van der Waals surface area contributed by atoms with Gasteiger partial charge in [0.2, 0.25) is 0 Å². The van der Waals surface area contributed by atoms with Crippen LogP contribution in [0.4, 0.5) is 0 Å². The van der Waals surface area contributed by atoms with Gasteiger partial charge in [-0.2, -0.15) is 0 Å². The van der Waals surface area contributed by atoms with Crippen molar-refractivity contribution in [2.75, 3.05) is 14.2 Å². The molecule has 112 valence electrons. The molecule has 2 heteroatoms. The first-order valence-corrected chi connectivity index (χ1v) is 8.03. The lowest BCUT2D eigenvalue weighted by Crippen LogP contribution is -2.32. The summed E-state index contributed by atoms with van der Waals surface area (Å²) >= 11 is 0. The second-order valence-corrected chi connectivity index (χ2v) is 6.11. The summed E-state index contributed by atoms with van der Waals surface area (Å²) in [6.07, 6.45) is 6.82. The minimum atomic E-state index is 0.453. The number of nitrogens with one attached hydrogen (secondary N) is 1. The summed E-state index contributed by atoms with van der Waals surface area (Å²) in [6, 6.07) is 7.12. The molecule has 0 radical (unpaired) electrons. The molecule has 1 aromatic rings. The Balaban J connectivity index is 2.26. The summed E-state index contributed by atoms with van der Waals surface area (Å²) in [4.78, 5) is 0. The van der Waals surface area contributed by atoms with Crippen LogP contribution in [0.5, 0.6) is 5.75 Å². The van der Waals surface area contributed by atoms with E-state index in [0.29, 0.717) is 6.04 Å². The number of rotatable bonds is 5. The first-order valence-electron chi connectivity index (χ1n) is 8.03. The van der Waals surface area contributed by atoms with Crippen LogP contribution >= 0.6 is 0 Å². The zero-order valence-electron chi connectivity index (χ0n) is 13.4. The van der Waals surface area contributed by atoms with Gasteiger partial charge >= 0.3 is 0 Å². The highest BCUT2D eigenvalue weighted by Gasteiger charge is 2.31. The van der Waals surface area contributed by atoms with Gasteiger partial charge in [-0.05, 0) is 49.4 Å². The number of benzene rings is 1. The summed E-state index contributed by atoms with van der Waals surface area (Å²) in [6.45, 7) is 4.44. The molecule has 1 aromatic carbocycles. The highest BCUT2D eigenvalue weighted by molar-refractivity contribution is 5.38. The predicted molar refractivity (Wildman–Crippen MR) is 85.3 cm³/mol. The summed E-state index contributed by atoms with van der Waals surface area (Å²) in [5, 5.41) is 3.57. The molecule has 1 saturated carbocycles. The Kier molecular flexibility index (Phi) is 5.47. The minimum absolute atomic E-state index is 0.453. The molecule has 0 spiro atoms. The van der Waals surface area contributed by atoms with Gasteiger partial charge in [0.15, 0.2) is 0 Å². The van der Waals surface area contributed by atoms with Gasteiger partial charge < -0.3 is 10.1 Å². The van der Waals surface area contributed by atoms with E-state index in [2.05, 4.69) is 44.4 Å². The van der Waals surface area contributed by atoms with Crippen molar-refractivity contribution < 1.29 is 4.74 Å². The van der Waals surface area contributed by atoms with Gasteiger partial charge in [0, 0.05) is 6.04 Å². The molecular weight excluding hydrogens is 246 g/mol. The zero-order valence-corrected chi connectivity index (χ0v) is 13.4. The lowest BCUT2D eigenvalue weighted by atomic mass is 9.72. The molecular formula is C18H29NO. The molecule has 20 heavy (non-hydrogen) atoms. The van der Waals surface area contributed by atoms with Crippen molar-refractivity contribution in [2.24, 2.45) is 11.8 Å². The normalized spacial score (nSPS) is 24.4. The van der Waals surface area contributed by atoms with Gasteiger partial charge in [-0.15, -0.1) is 0 Å². The molecule has 2 rings (SSSR count). The van der Waals surface area contributed by atoms with Crippen LogP contribution < -0.4 is 10.1 Å². The number of hydrogen-bond acceptors (Lipinski definition) is 2. The molecule has 2 nitrogen and oxygen atoms in total. The van der Waals surface area contributed by atoms with E-state index in [0.717, 1.165) is 17.6 Å². The number of hydrogen-bond donors (Lipinski definition) is 1. The van der Waals surface area contributed by atoms with Crippen LogP contribution in [0.1, 0.15) is 56.2 Å². The summed E-state index contributed by atoms with van der Waals surface area (Å²) in [5.41, 5.74) is 2.59. The van der Waals surface area contributed by atoms with Gasteiger partial charge in [-0.3, -0.25) is 0 Å². The van der Waals surface area contributed by atoms with Crippen molar-refractivity contribution in [3.8, 4) is 5.75 Å². The molecule has 1 aliphatic rings. The second-order valence-electron chi connectivity index (χ2n) is 6.11. The van der Waals surface area contributed by atoms with Gasteiger partial charge in [0.25, 0.3) is 0 Å². The van der Waals surface area contributed by atoms with E-state index in [1.165, 1.54) is 43.2 Å². The fraction of sp³-hybridized carbons (Fsp3) is 0.667. The Labute approximate surface area is 123 Å². The van der Waals surface area contributed by atoms with Crippen LogP contribution in [0.2, 0.25) is 0 Å².